The lowest BCUT2D eigenvalue weighted by Crippen LogP contribution is -2.26. The summed E-state index contributed by atoms with van der Waals surface area (Å²) >= 11 is 0. The van der Waals surface area contributed by atoms with Crippen LogP contribution in [0.25, 0.3) is 0 Å². The normalized spacial score (nSPS) is 30.9. The summed E-state index contributed by atoms with van der Waals surface area (Å²) in [5.41, 5.74) is 0. The molecule has 0 spiro atoms. The Balaban J connectivity index is 2.41. The molecule has 1 rings (SSSR count). The van der Waals surface area contributed by atoms with Crippen molar-refractivity contribution in [1.29, 1.82) is 0 Å². The van der Waals surface area contributed by atoms with Crippen LogP contribution in [0.1, 0.15) is 12.8 Å². The van der Waals surface area contributed by atoms with Crippen LogP contribution >= 0.6 is 0 Å². The third-order valence-electron chi connectivity index (χ3n) is 1.36. The van der Waals surface area contributed by atoms with Crippen molar-refractivity contribution >= 4 is 6.29 Å². The van der Waals surface area contributed by atoms with E-state index < -0.39 is 0 Å². The maximum absolute atomic E-state index is 9.89. The summed E-state index contributed by atoms with van der Waals surface area (Å²) in [6, 6.07) is -0.352. The van der Waals surface area contributed by atoms with Crippen molar-refractivity contribution in [3.8, 4) is 0 Å². The van der Waals surface area contributed by atoms with Crippen molar-refractivity contribution < 1.29 is 10.0 Å². The highest BCUT2D eigenvalue weighted by atomic mass is 16.5. The van der Waals surface area contributed by atoms with Gasteiger partial charge in [0.15, 0.2) is 0 Å². The third kappa shape index (κ3) is 0.877. The first kappa shape index (κ1) is 5.72. The van der Waals surface area contributed by atoms with Crippen molar-refractivity contribution in [2.45, 2.75) is 18.9 Å². The zero-order valence-electron chi connectivity index (χ0n) is 4.50. The Hall–Kier alpha value is -0.410. The van der Waals surface area contributed by atoms with E-state index in [2.05, 4.69) is 0 Å². The largest absolute Gasteiger partial charge is 0.313 e. The van der Waals surface area contributed by atoms with E-state index in [1.807, 2.05) is 0 Å². The molecule has 8 heavy (non-hydrogen) atoms. The first-order chi connectivity index (χ1) is 3.84. The molecule has 0 saturated carbocycles. The lowest BCUT2D eigenvalue weighted by Gasteiger charge is -2.07. The molecule has 0 amide bonds. The van der Waals surface area contributed by atoms with Crippen molar-refractivity contribution in [3.63, 3.8) is 0 Å². The number of rotatable bonds is 1. The van der Waals surface area contributed by atoms with Gasteiger partial charge in [-0.3, -0.25) is 4.79 Å². The van der Waals surface area contributed by atoms with Gasteiger partial charge in [0.05, 0.1) is 0 Å². The highest BCUT2D eigenvalue weighted by Crippen LogP contribution is 2.11. The Labute approximate surface area is 47.9 Å². The second-order valence-corrected chi connectivity index (χ2v) is 1.94. The Morgan fingerprint density at radius 3 is 2.75 bits per heavy atom. The molecule has 1 N–H and O–H groups in total. The molecular weight excluding hydrogens is 106 g/mol. The molecule has 0 unspecified atom stereocenters. The molecule has 3 nitrogen and oxygen atoms in total. The molecule has 1 aliphatic heterocycles. The zero-order valence-corrected chi connectivity index (χ0v) is 4.50. The molecule has 1 saturated heterocycles. The summed E-state index contributed by atoms with van der Waals surface area (Å²) in [6.45, 7) is 0.611. The van der Waals surface area contributed by atoms with Crippen molar-refractivity contribution in [3.05, 3.63) is 0 Å². The fraction of sp³-hybridized carbons (Fsp3) is 0.800. The van der Waals surface area contributed by atoms with Gasteiger partial charge in [-0.25, -0.2) is 0 Å². The molecule has 1 heterocycles. The third-order valence-corrected chi connectivity index (χ3v) is 1.36. The van der Waals surface area contributed by atoms with Gasteiger partial charge >= 0.3 is 0 Å². The maximum Gasteiger partial charge on any atom is 0.219 e. The van der Waals surface area contributed by atoms with E-state index >= 15 is 0 Å². The lowest BCUT2D eigenvalue weighted by molar-refractivity contribution is -0.0842. The van der Waals surface area contributed by atoms with E-state index in [4.69, 9.17) is 5.21 Å². The van der Waals surface area contributed by atoms with Crippen molar-refractivity contribution in [2.75, 3.05) is 6.54 Å². The Bertz CT molecular complexity index is 94.4. The van der Waals surface area contributed by atoms with Gasteiger partial charge in [0.1, 0.15) is 6.04 Å². The van der Waals surface area contributed by atoms with Gasteiger partial charge in [0.2, 0.25) is 6.29 Å². The summed E-state index contributed by atoms with van der Waals surface area (Å²) in [4.78, 5) is 9.89. The first-order valence-electron chi connectivity index (χ1n) is 2.68. The molecule has 1 fully saturated rings. The fourth-order valence-corrected chi connectivity index (χ4v) is 0.871. The average Bonchev–Trinajstić information content (AvgIpc) is 2.14. The van der Waals surface area contributed by atoms with Crippen LogP contribution in [0.4, 0.5) is 0 Å². The molecule has 0 aromatic rings. The summed E-state index contributed by atoms with van der Waals surface area (Å²) in [5.74, 6) is 0. The standard InChI is InChI=1S/C5H8NO2/c7-4-5-2-1-3-6(5)8/h5,8H,1-3H2/t5-/m0/s1. The van der Waals surface area contributed by atoms with Crippen molar-refractivity contribution in [1.82, 2.24) is 5.06 Å². The quantitative estimate of drug-likeness (QED) is 0.519. The van der Waals surface area contributed by atoms with Gasteiger partial charge in [-0.05, 0) is 12.8 Å². The Morgan fingerprint density at radius 1 is 1.75 bits per heavy atom. The average molecular weight is 114 g/mol. The summed E-state index contributed by atoms with van der Waals surface area (Å²) < 4.78 is 0. The predicted molar refractivity (Wildman–Crippen MR) is 27.2 cm³/mol. The van der Waals surface area contributed by atoms with Crippen LogP contribution in [0.3, 0.4) is 0 Å². The second kappa shape index (κ2) is 2.24. The minimum atomic E-state index is -0.352. The Kier molecular flexibility index (Phi) is 1.60. The molecule has 45 valence electrons. The van der Waals surface area contributed by atoms with Gasteiger partial charge in [-0.2, -0.15) is 5.06 Å². The highest BCUT2D eigenvalue weighted by molar-refractivity contribution is 5.58. The predicted octanol–water partition coefficient (Wildman–Crippen LogP) is -0.0503. The van der Waals surface area contributed by atoms with Crippen LogP contribution in [0.2, 0.25) is 0 Å². The monoisotopic (exact) mass is 114 g/mol. The molecule has 1 atom stereocenters. The minimum absolute atomic E-state index is 0.352. The van der Waals surface area contributed by atoms with Crippen LogP contribution in [-0.2, 0) is 4.79 Å². The van der Waals surface area contributed by atoms with Crippen LogP contribution < -0.4 is 0 Å². The van der Waals surface area contributed by atoms with E-state index in [-0.39, 0.29) is 6.04 Å². The van der Waals surface area contributed by atoms with E-state index in [1.165, 1.54) is 0 Å². The van der Waals surface area contributed by atoms with Crippen LogP contribution in [0, 0.1) is 0 Å². The SMILES string of the molecule is O=[C][C@@H]1CCCN1O. The van der Waals surface area contributed by atoms with Gasteiger partial charge in [-0.15, -0.1) is 0 Å². The van der Waals surface area contributed by atoms with Gasteiger partial charge < -0.3 is 5.21 Å². The van der Waals surface area contributed by atoms with Gasteiger partial charge in [-0.1, -0.05) is 0 Å². The molecule has 1 radical (unpaired) electrons. The fourth-order valence-electron chi connectivity index (χ4n) is 0.871. The number of hydrogen-bond acceptors (Lipinski definition) is 3. The number of nitrogens with zero attached hydrogens (tertiary/aromatic N) is 1. The molecule has 0 aromatic carbocycles. The van der Waals surface area contributed by atoms with E-state index in [0.29, 0.717) is 6.54 Å². The molecule has 0 aromatic heterocycles. The number of carbonyl (C=O) groups excluding carboxylic acids is 1. The smallest absolute Gasteiger partial charge is 0.219 e. The van der Waals surface area contributed by atoms with Gasteiger partial charge in [0.25, 0.3) is 0 Å². The summed E-state index contributed by atoms with van der Waals surface area (Å²) in [7, 11) is 0. The van der Waals surface area contributed by atoms with E-state index in [1.54, 1.807) is 6.29 Å². The molecular formula is C5H8NO2. The highest BCUT2D eigenvalue weighted by Gasteiger charge is 2.22. The molecule has 0 aliphatic carbocycles. The number of hydroxylamine groups is 2. The van der Waals surface area contributed by atoms with E-state index in [0.717, 1.165) is 17.9 Å². The molecule has 0 bridgehead atoms. The zero-order chi connectivity index (χ0) is 5.98. The molecule has 1 aliphatic rings. The topological polar surface area (TPSA) is 40.5 Å². The van der Waals surface area contributed by atoms with Crippen LogP contribution in [0.15, 0.2) is 0 Å². The summed E-state index contributed by atoms with van der Waals surface area (Å²) in [5, 5.41) is 9.79. The van der Waals surface area contributed by atoms with Gasteiger partial charge in [0, 0.05) is 6.54 Å². The number of hydrogen-bond donors (Lipinski definition) is 1. The van der Waals surface area contributed by atoms with E-state index in [9.17, 15) is 4.79 Å². The first-order valence-corrected chi connectivity index (χ1v) is 2.68. The van der Waals surface area contributed by atoms with Crippen LogP contribution in [0.5, 0.6) is 0 Å². The van der Waals surface area contributed by atoms with Crippen LogP contribution in [-0.4, -0.2) is 29.1 Å². The Morgan fingerprint density at radius 2 is 2.50 bits per heavy atom. The van der Waals surface area contributed by atoms with Crippen molar-refractivity contribution in [2.24, 2.45) is 0 Å². The minimum Gasteiger partial charge on any atom is -0.313 e. The summed E-state index contributed by atoms with van der Waals surface area (Å²) in [6.07, 6.45) is 3.39. The molecule has 3 heteroatoms. The second-order valence-electron chi connectivity index (χ2n) is 1.94. The lowest BCUT2D eigenvalue weighted by atomic mass is 10.2. The maximum atomic E-state index is 9.89.